The lowest BCUT2D eigenvalue weighted by Crippen LogP contribution is -2.53. The molecule has 0 saturated heterocycles. The average molecular weight is 987 g/mol. The molecule has 4 atom stereocenters. The van der Waals surface area contributed by atoms with Crippen molar-refractivity contribution in [3.05, 3.63) is 36.5 Å². The highest BCUT2D eigenvalue weighted by molar-refractivity contribution is 5.80. The number of carbonyl (C=O) groups excluding carboxylic acids is 1. The van der Waals surface area contributed by atoms with Gasteiger partial charge in [-0.15, -0.1) is 0 Å². The van der Waals surface area contributed by atoms with Crippen molar-refractivity contribution in [2.75, 3.05) is 6.61 Å². The molecule has 0 radical (unpaired) electrons. The molecule has 414 valence electrons. The molecule has 4 unspecified atom stereocenters. The average Bonchev–Trinajstić information content (AvgIpc) is 3.36. The molecule has 0 bridgehead atoms. The maximum absolute atomic E-state index is 12.6. The second kappa shape index (κ2) is 58.4. The first kappa shape index (κ1) is 68.5. The standard InChI is InChI=1S/C64H123NO5/c1-3-5-7-9-11-13-15-17-19-21-23-24-25-26-27-28-29-30-31-32-33-34-35-36-37-38-39-40-42-44-46-48-50-52-54-56-58-62(68)64(70)65-60(59-66)63(69)61(67)57-55-53-51-49-47-45-43-41-22-20-18-16-14-12-10-8-6-4-2/h16,18,41,43,49,51,60-63,66-69H,3-15,17,19-40,42,44-48,50,52-59H2,1-2H3,(H,65,70)/b18-16+,43-41+,51-49+. The fraction of sp³-hybridized carbons (Fsp3) is 0.891. The molecule has 0 aromatic rings. The van der Waals surface area contributed by atoms with Crippen LogP contribution in [0, 0.1) is 0 Å². The van der Waals surface area contributed by atoms with Crippen LogP contribution in [0.5, 0.6) is 0 Å². The van der Waals surface area contributed by atoms with Gasteiger partial charge in [-0.2, -0.15) is 0 Å². The van der Waals surface area contributed by atoms with Gasteiger partial charge in [0.2, 0.25) is 5.91 Å². The topological polar surface area (TPSA) is 110 Å². The lowest BCUT2D eigenvalue weighted by Gasteiger charge is -2.27. The summed E-state index contributed by atoms with van der Waals surface area (Å²) in [6.07, 6.45) is 74.0. The van der Waals surface area contributed by atoms with Crippen molar-refractivity contribution in [1.29, 1.82) is 0 Å². The number of rotatable bonds is 58. The summed E-state index contributed by atoms with van der Waals surface area (Å²) >= 11 is 0. The number of hydrogen-bond donors (Lipinski definition) is 5. The minimum atomic E-state index is -1.29. The van der Waals surface area contributed by atoms with E-state index in [1.165, 1.54) is 250 Å². The maximum atomic E-state index is 12.6. The van der Waals surface area contributed by atoms with Gasteiger partial charge in [0.05, 0.1) is 18.8 Å². The minimum absolute atomic E-state index is 0.362. The van der Waals surface area contributed by atoms with E-state index < -0.39 is 36.9 Å². The Morgan fingerprint density at radius 1 is 0.343 bits per heavy atom. The molecule has 0 saturated carbocycles. The summed E-state index contributed by atoms with van der Waals surface area (Å²) in [7, 11) is 0. The first-order valence-corrected chi connectivity index (χ1v) is 31.4. The lowest BCUT2D eigenvalue weighted by atomic mass is 10.00. The summed E-state index contributed by atoms with van der Waals surface area (Å²) in [5, 5.41) is 44.0. The second-order valence-electron chi connectivity index (χ2n) is 21.7. The second-order valence-corrected chi connectivity index (χ2v) is 21.7. The molecular formula is C64H123NO5. The van der Waals surface area contributed by atoms with E-state index in [4.69, 9.17) is 0 Å². The maximum Gasteiger partial charge on any atom is 0.249 e. The van der Waals surface area contributed by atoms with Gasteiger partial charge in [-0.3, -0.25) is 4.79 Å². The van der Waals surface area contributed by atoms with Crippen molar-refractivity contribution < 1.29 is 25.2 Å². The predicted octanol–water partition coefficient (Wildman–Crippen LogP) is 18.8. The largest absolute Gasteiger partial charge is 0.394 e. The Bertz CT molecular complexity index is 1110. The normalized spacial score (nSPS) is 13.9. The van der Waals surface area contributed by atoms with E-state index in [0.717, 1.165) is 51.4 Å². The number of hydrogen-bond acceptors (Lipinski definition) is 5. The van der Waals surface area contributed by atoms with E-state index in [0.29, 0.717) is 19.3 Å². The van der Waals surface area contributed by atoms with Crippen LogP contribution in [0.25, 0.3) is 0 Å². The quantitative estimate of drug-likeness (QED) is 0.0308. The molecule has 0 aromatic carbocycles. The van der Waals surface area contributed by atoms with Crippen molar-refractivity contribution in [2.24, 2.45) is 0 Å². The Morgan fingerprint density at radius 2 is 0.600 bits per heavy atom. The third-order valence-electron chi connectivity index (χ3n) is 14.8. The third kappa shape index (κ3) is 51.4. The van der Waals surface area contributed by atoms with Crippen LogP contribution in [0.2, 0.25) is 0 Å². The van der Waals surface area contributed by atoms with Gasteiger partial charge in [-0.25, -0.2) is 0 Å². The van der Waals surface area contributed by atoms with Gasteiger partial charge in [-0.1, -0.05) is 307 Å². The van der Waals surface area contributed by atoms with Crippen LogP contribution in [-0.4, -0.2) is 57.3 Å². The van der Waals surface area contributed by atoms with Crippen molar-refractivity contribution in [2.45, 2.75) is 359 Å². The molecule has 6 nitrogen and oxygen atoms in total. The van der Waals surface area contributed by atoms with Crippen LogP contribution >= 0.6 is 0 Å². The number of amides is 1. The molecule has 1 amide bonds. The molecule has 0 aliphatic rings. The molecule has 0 rings (SSSR count). The number of unbranched alkanes of at least 4 members (excludes halogenated alkanes) is 43. The molecule has 0 aliphatic carbocycles. The molecule has 0 spiro atoms. The van der Waals surface area contributed by atoms with Crippen LogP contribution in [0.1, 0.15) is 335 Å². The molecule has 70 heavy (non-hydrogen) atoms. The van der Waals surface area contributed by atoms with Gasteiger partial charge in [0.1, 0.15) is 12.2 Å². The summed E-state index contributed by atoms with van der Waals surface area (Å²) in [5.74, 6) is -0.594. The third-order valence-corrected chi connectivity index (χ3v) is 14.8. The fourth-order valence-corrected chi connectivity index (χ4v) is 9.91. The molecule has 0 fully saturated rings. The number of carbonyl (C=O) groups is 1. The molecule has 0 aliphatic heterocycles. The van der Waals surface area contributed by atoms with Gasteiger partial charge < -0.3 is 25.7 Å². The first-order valence-electron chi connectivity index (χ1n) is 31.4. The Labute approximate surface area is 437 Å². The van der Waals surface area contributed by atoms with E-state index in [1.54, 1.807) is 0 Å². The lowest BCUT2D eigenvalue weighted by molar-refractivity contribution is -0.132. The number of allylic oxidation sites excluding steroid dienone is 6. The van der Waals surface area contributed by atoms with Crippen molar-refractivity contribution >= 4 is 5.91 Å². The van der Waals surface area contributed by atoms with Gasteiger partial charge in [0.25, 0.3) is 0 Å². The van der Waals surface area contributed by atoms with Crippen molar-refractivity contribution in [3.63, 3.8) is 0 Å². The van der Waals surface area contributed by atoms with Gasteiger partial charge in [0.15, 0.2) is 0 Å². The zero-order valence-corrected chi connectivity index (χ0v) is 47.0. The van der Waals surface area contributed by atoms with E-state index in [2.05, 4.69) is 55.6 Å². The summed E-state index contributed by atoms with van der Waals surface area (Å²) in [5.41, 5.74) is 0. The van der Waals surface area contributed by atoms with Gasteiger partial charge in [-0.05, 0) is 64.2 Å². The van der Waals surface area contributed by atoms with Crippen LogP contribution in [0.4, 0.5) is 0 Å². The van der Waals surface area contributed by atoms with Gasteiger partial charge >= 0.3 is 0 Å². The monoisotopic (exact) mass is 986 g/mol. The Kier molecular flexibility index (Phi) is 57.2. The Balaban J connectivity index is 3.55. The molecular weight excluding hydrogens is 863 g/mol. The van der Waals surface area contributed by atoms with E-state index in [9.17, 15) is 25.2 Å². The fourth-order valence-electron chi connectivity index (χ4n) is 9.91. The Morgan fingerprint density at radius 3 is 0.900 bits per heavy atom. The minimum Gasteiger partial charge on any atom is -0.394 e. The molecule has 6 heteroatoms. The summed E-state index contributed by atoms with van der Waals surface area (Å²) in [6, 6.07) is -1.01. The predicted molar refractivity (Wildman–Crippen MR) is 307 cm³/mol. The molecule has 5 N–H and O–H groups in total. The smallest absolute Gasteiger partial charge is 0.249 e. The Hall–Kier alpha value is -1.47. The number of aliphatic hydroxyl groups is 4. The van der Waals surface area contributed by atoms with Gasteiger partial charge in [0, 0.05) is 0 Å². The van der Waals surface area contributed by atoms with Crippen LogP contribution in [-0.2, 0) is 4.79 Å². The van der Waals surface area contributed by atoms with Crippen LogP contribution in [0.3, 0.4) is 0 Å². The van der Waals surface area contributed by atoms with Crippen molar-refractivity contribution in [1.82, 2.24) is 5.32 Å². The van der Waals surface area contributed by atoms with Crippen molar-refractivity contribution in [3.8, 4) is 0 Å². The highest BCUT2D eigenvalue weighted by atomic mass is 16.3. The highest BCUT2D eigenvalue weighted by Gasteiger charge is 2.28. The molecule has 0 aromatic heterocycles. The van der Waals surface area contributed by atoms with E-state index in [1.807, 2.05) is 0 Å². The summed E-state index contributed by atoms with van der Waals surface area (Å²) in [4.78, 5) is 12.6. The highest BCUT2D eigenvalue weighted by Crippen LogP contribution is 2.18. The zero-order chi connectivity index (χ0) is 50.9. The SMILES string of the molecule is CCCCCCC/C=C/CC/C=C/CC/C=C/CCCC(O)C(O)C(CO)NC(=O)C(O)CCCCCCCCCCCCCCCCCCCCCCCCCCCCCCCCCCCCCC. The zero-order valence-electron chi connectivity index (χ0n) is 47.0. The van der Waals surface area contributed by atoms with E-state index in [-0.39, 0.29) is 0 Å². The summed E-state index contributed by atoms with van der Waals surface area (Å²) in [6.45, 7) is 4.06. The molecule has 0 heterocycles. The van der Waals surface area contributed by atoms with Crippen LogP contribution in [0.15, 0.2) is 36.5 Å². The first-order chi connectivity index (χ1) is 34.5. The van der Waals surface area contributed by atoms with E-state index >= 15 is 0 Å². The number of aliphatic hydroxyl groups excluding tert-OH is 4. The summed E-state index contributed by atoms with van der Waals surface area (Å²) < 4.78 is 0. The van der Waals surface area contributed by atoms with Crippen LogP contribution < -0.4 is 5.32 Å². The number of nitrogens with one attached hydrogen (secondary N) is 1.